The van der Waals surface area contributed by atoms with Crippen LogP contribution in [0.3, 0.4) is 0 Å². The maximum atomic E-state index is 14.4. The van der Waals surface area contributed by atoms with Crippen LogP contribution in [0.5, 0.6) is 0 Å². The van der Waals surface area contributed by atoms with E-state index in [0.29, 0.717) is 0 Å². The van der Waals surface area contributed by atoms with E-state index in [4.69, 9.17) is 0 Å². The third-order valence-electron chi connectivity index (χ3n) is 24.7. The Balaban J connectivity index is 0.000000218. The summed E-state index contributed by atoms with van der Waals surface area (Å²) in [6.07, 6.45) is 37.7. The molecule has 5 aromatic heterocycles. The number of hydrogen-bond acceptors (Lipinski definition) is 6. The van der Waals surface area contributed by atoms with Gasteiger partial charge in [-0.1, -0.05) is 372 Å². The summed E-state index contributed by atoms with van der Waals surface area (Å²) in [6, 6.07) is 140. The minimum absolute atomic E-state index is 0. The number of aryl methyl sites for hydroxylation is 3. The first kappa shape index (κ1) is 118. The first-order valence-corrected chi connectivity index (χ1v) is 65.1. The number of carbonyl (C=O) groups excluding carboxylic acids is 1. The van der Waals surface area contributed by atoms with Crippen LogP contribution in [0.4, 0.5) is 0 Å². The zero-order valence-corrected chi connectivity index (χ0v) is 97.1. The number of thiophene rings is 5. The molecule has 142 heavy (non-hydrogen) atoms. The summed E-state index contributed by atoms with van der Waals surface area (Å²) in [7, 11) is 0. The predicted octanol–water partition coefficient (Wildman–Crippen LogP) is 43.0. The number of unbranched alkanes of at least 4 members (excludes halogenated alkanes) is 21. The van der Waals surface area contributed by atoms with Crippen molar-refractivity contribution in [2.45, 2.75) is 248 Å². The molecule has 0 atom stereocenters. The molecule has 0 radical (unpaired) electrons. The van der Waals surface area contributed by atoms with Crippen LogP contribution in [-0.2, 0) is 33.3 Å². The van der Waals surface area contributed by atoms with Crippen molar-refractivity contribution in [1.29, 1.82) is 0 Å². The molecule has 12 aromatic carbocycles. The molecule has 0 aliphatic heterocycles. The maximum Gasteiger partial charge on any atom is 0 e. The van der Waals surface area contributed by atoms with Crippen molar-refractivity contribution in [2.24, 2.45) is 0 Å². The molecule has 17 aromatic rings. The minimum atomic E-state index is -2.06. The molecular formula is C132H150Br2OPdS5Sn-4. The summed E-state index contributed by atoms with van der Waals surface area (Å²) >= 11 is 15.1. The summed E-state index contributed by atoms with van der Waals surface area (Å²) in [5.74, 6) is 0.271. The fourth-order valence-electron chi connectivity index (χ4n) is 16.9. The van der Waals surface area contributed by atoms with E-state index >= 15 is 0 Å². The van der Waals surface area contributed by atoms with Crippen LogP contribution in [0, 0.1) is 45.0 Å². The molecule has 10 heteroatoms. The van der Waals surface area contributed by atoms with Gasteiger partial charge < -0.3 is 0 Å². The molecule has 18 rings (SSSR count). The van der Waals surface area contributed by atoms with Gasteiger partial charge in [0.1, 0.15) is 0 Å². The molecule has 0 N–H and O–H groups in total. The van der Waals surface area contributed by atoms with Gasteiger partial charge in [-0.3, -0.25) is 4.79 Å². The van der Waals surface area contributed by atoms with Crippen molar-refractivity contribution in [1.82, 2.24) is 0 Å². The van der Waals surface area contributed by atoms with Gasteiger partial charge in [0.05, 0.1) is 17.3 Å². The van der Waals surface area contributed by atoms with Crippen LogP contribution in [0.25, 0.3) is 73.8 Å². The van der Waals surface area contributed by atoms with E-state index in [2.05, 4.69) is 341 Å². The molecule has 0 bridgehead atoms. The van der Waals surface area contributed by atoms with Crippen molar-refractivity contribution >= 4 is 116 Å². The average molecular weight is 2300 g/mol. The Morgan fingerprint density at radius 1 is 0.275 bits per heavy atom. The molecule has 0 saturated carbocycles. The first-order chi connectivity index (χ1) is 69.4. The maximum absolute atomic E-state index is 14.4. The van der Waals surface area contributed by atoms with Gasteiger partial charge in [0.25, 0.3) is 0 Å². The summed E-state index contributed by atoms with van der Waals surface area (Å²) in [4.78, 5) is 22.0. The monoisotopic (exact) mass is 2290 g/mol. The number of rotatable bonds is 38. The van der Waals surface area contributed by atoms with E-state index in [0.717, 1.165) is 36.0 Å². The normalized spacial score (nSPS) is 10.6. The third-order valence-corrected chi connectivity index (χ3v) is 51.2. The van der Waals surface area contributed by atoms with Crippen molar-refractivity contribution in [2.75, 3.05) is 0 Å². The predicted molar refractivity (Wildman–Crippen MR) is 636 cm³/mol. The first-order valence-electron chi connectivity index (χ1n) is 51.9. The van der Waals surface area contributed by atoms with Crippen molar-refractivity contribution in [3.8, 4) is 73.8 Å². The molecule has 0 spiro atoms. The van der Waals surface area contributed by atoms with Crippen molar-refractivity contribution < 1.29 is 25.2 Å². The molecule has 5 heterocycles. The zero-order valence-electron chi connectivity index (χ0n) is 85.4. The second-order valence-corrected chi connectivity index (χ2v) is 57.7. The molecule has 0 amide bonds. The Labute approximate surface area is 911 Å². The standard InChI is InChI=1S/C43H58Br2OS4.4C12H10.4C6H5.C5H5S.3C4H9.Pd.Sn/c1-5-7-9-11-13-15-17-19-21-23-25-31-28-34(48-43(31)45)39-32(26-24-22-20-18-16-14-12-10-8-6-2)36-37(46)35-30(4)38(49-40(35)41(36)50-39)33-27-29(3)42(44)47-33;4*1-3-7-11(8-4-1)12-9-5-2-6-10-12;4*1-2-4-6-5-3-1;1-5-2-3-6-4-5;3*1-3-4-2;;/h27-28H,5-26H2,1-4H3;4*1-10H;4*1-5H;2,4H,1H3;3*1,3-4H2,2H3;;/q;;;;;4*-1;;;;;;. The number of benzene rings is 12. The Morgan fingerprint density at radius 2 is 0.542 bits per heavy atom. The third kappa shape index (κ3) is 43.9. The van der Waals surface area contributed by atoms with Crippen LogP contribution in [0.1, 0.15) is 245 Å². The van der Waals surface area contributed by atoms with Gasteiger partial charge in [0.2, 0.25) is 0 Å². The van der Waals surface area contributed by atoms with E-state index in [1.54, 1.807) is 24.6 Å². The second kappa shape index (κ2) is 73.3. The summed E-state index contributed by atoms with van der Waals surface area (Å²) in [6.45, 7) is 18.3. The Kier molecular flexibility index (Phi) is 61.2. The van der Waals surface area contributed by atoms with Gasteiger partial charge in [-0.2, -0.15) is 146 Å². The van der Waals surface area contributed by atoms with Crippen LogP contribution in [0.15, 0.2) is 395 Å². The topological polar surface area (TPSA) is 17.1 Å². The molecule has 1 nitrogen and oxygen atoms in total. The molecule has 0 unspecified atom stereocenters. The summed E-state index contributed by atoms with van der Waals surface area (Å²) < 4.78 is 9.15. The van der Waals surface area contributed by atoms with Crippen LogP contribution in [0.2, 0.25) is 13.3 Å². The zero-order chi connectivity index (χ0) is 99.5. The van der Waals surface area contributed by atoms with Gasteiger partial charge in [-0.05, 0) is 150 Å². The molecule has 0 fully saturated rings. The fraction of sp³-hybridized carbons (Fsp3) is 0.295. The number of hydrogen-bond donors (Lipinski definition) is 0. The van der Waals surface area contributed by atoms with E-state index in [9.17, 15) is 4.79 Å². The molecule has 1 aliphatic carbocycles. The van der Waals surface area contributed by atoms with Gasteiger partial charge in [-0.25, -0.2) is 0 Å². The van der Waals surface area contributed by atoms with Crippen LogP contribution in [-0.4, -0.2) is 24.2 Å². The average Bonchev–Trinajstić information content (AvgIpc) is 1.55. The van der Waals surface area contributed by atoms with Crippen LogP contribution < -0.4 is 2.89 Å². The number of fused-ring (bicyclic) bond motifs is 3. The van der Waals surface area contributed by atoms with Gasteiger partial charge >= 0.3 is 129 Å². The largest absolute Gasteiger partial charge is 0.184 e. The Morgan fingerprint density at radius 3 is 0.810 bits per heavy atom. The molecule has 1 aliphatic rings. The Bertz CT molecular complexity index is 5230. The van der Waals surface area contributed by atoms with Crippen molar-refractivity contribution in [3.63, 3.8) is 0 Å². The van der Waals surface area contributed by atoms with Crippen molar-refractivity contribution in [3.05, 3.63) is 458 Å². The van der Waals surface area contributed by atoms with E-state index in [-0.39, 0.29) is 26.2 Å². The number of halogens is 2. The smallest absolute Gasteiger partial charge is 0 e. The van der Waals surface area contributed by atoms with Gasteiger partial charge in [0, 0.05) is 51.1 Å². The summed E-state index contributed by atoms with van der Waals surface area (Å²) in [5, 5.41) is 2.39. The van der Waals surface area contributed by atoms with Gasteiger partial charge in [0.15, 0.2) is 5.78 Å². The number of ketones is 1. The van der Waals surface area contributed by atoms with E-state index < -0.39 is 18.4 Å². The molecule has 746 valence electrons. The Hall–Kier alpha value is -8.77. The van der Waals surface area contributed by atoms with Crippen LogP contribution >= 0.6 is 88.5 Å². The van der Waals surface area contributed by atoms with Gasteiger partial charge in [-0.15, -0.1) is 45.3 Å². The molecular weight excluding hydrogens is 2150 g/mol. The second-order valence-electron chi connectivity index (χ2n) is 35.9. The van der Waals surface area contributed by atoms with E-state index in [1.165, 1.54) is 264 Å². The minimum Gasteiger partial charge on any atom is -0.184 e. The molecule has 0 saturated heterocycles. The van der Waals surface area contributed by atoms with E-state index in [1.807, 2.05) is 207 Å². The summed E-state index contributed by atoms with van der Waals surface area (Å²) in [5.41, 5.74) is 18.9. The number of carbonyl (C=O) groups is 1. The SMILES string of the molecule is CCCCCCCCCCCCc1cc(-c2sc3c(c2CCCCCCCCCCCC)C(=O)c2c-3sc(-c3cc(C)c(Br)s3)c2C)sc1Br.CCC[CH2][Sn]([CH2]CCC)([CH2]CCC)[c]1cc(C)cs1.[Pd].[c-]1ccccc1.[c-]1ccccc1.[c-]1ccccc1.[c-]1ccccc1.c1ccc(-c2ccccc2)cc1.c1ccc(-c2ccccc2)cc1.c1ccc(-c2ccccc2)cc1.c1ccc(-c2ccccc2)cc1. The fourth-order valence-corrected chi connectivity index (χ4v) is 43.4. The quantitative estimate of drug-likeness (QED) is 0.0214.